The van der Waals surface area contributed by atoms with Gasteiger partial charge in [0.1, 0.15) is 7.85 Å². The van der Waals surface area contributed by atoms with E-state index in [1.54, 1.807) is 0 Å². The van der Waals surface area contributed by atoms with E-state index in [1.165, 1.54) is 32.1 Å². The van der Waals surface area contributed by atoms with Crippen LogP contribution in [0.3, 0.4) is 0 Å². The molecule has 0 radical (unpaired) electrons. The number of thiocarbonyl (C=S) groups is 1. The van der Waals surface area contributed by atoms with Crippen LogP contribution in [0.5, 0.6) is 0 Å². The largest absolute Gasteiger partial charge is 0.366 e. The first-order chi connectivity index (χ1) is 7.33. The topological polar surface area (TPSA) is 3.24 Å². The summed E-state index contributed by atoms with van der Waals surface area (Å²) in [6, 6.07) is 0.650. The van der Waals surface area contributed by atoms with Crippen LogP contribution in [0.4, 0.5) is 0 Å². The second kappa shape index (κ2) is 5.53. The SMILES string of the molecule is BC1(C)CCCCC(N(C)C(C)=S)[C@@H](C)C1. The Balaban J connectivity index is 2.72. The fourth-order valence-electron chi connectivity index (χ4n) is 3.16. The molecule has 92 valence electrons. The molecule has 0 aromatic rings. The van der Waals surface area contributed by atoms with Crippen molar-refractivity contribution in [3.8, 4) is 0 Å². The molecule has 0 saturated heterocycles. The van der Waals surface area contributed by atoms with Crippen LogP contribution in [0.1, 0.15) is 52.9 Å². The van der Waals surface area contributed by atoms with E-state index in [0.717, 1.165) is 10.9 Å². The number of hydrogen-bond donors (Lipinski definition) is 0. The van der Waals surface area contributed by atoms with Crippen LogP contribution in [0.25, 0.3) is 0 Å². The van der Waals surface area contributed by atoms with Gasteiger partial charge in [0, 0.05) is 13.1 Å². The molecular weight excluding hydrogens is 213 g/mol. The van der Waals surface area contributed by atoms with Crippen molar-refractivity contribution in [2.45, 2.75) is 64.2 Å². The fraction of sp³-hybridized carbons (Fsp3) is 0.923. The predicted octanol–water partition coefficient (Wildman–Crippen LogP) is 3.05. The number of nitrogens with zero attached hydrogens (tertiary/aromatic N) is 1. The summed E-state index contributed by atoms with van der Waals surface area (Å²) in [5.41, 5.74) is 0. The van der Waals surface area contributed by atoms with Crippen molar-refractivity contribution in [1.82, 2.24) is 4.90 Å². The van der Waals surface area contributed by atoms with Gasteiger partial charge in [-0.15, -0.1) is 0 Å². The highest BCUT2D eigenvalue weighted by Gasteiger charge is 2.30. The molecule has 2 unspecified atom stereocenters. The summed E-state index contributed by atoms with van der Waals surface area (Å²) in [6.45, 7) is 6.86. The van der Waals surface area contributed by atoms with Crippen molar-refractivity contribution in [3.05, 3.63) is 0 Å². The third-order valence-electron chi connectivity index (χ3n) is 4.13. The summed E-state index contributed by atoms with van der Waals surface area (Å²) >= 11 is 5.31. The Morgan fingerprint density at radius 2 is 2.06 bits per heavy atom. The van der Waals surface area contributed by atoms with Crippen LogP contribution in [0.2, 0.25) is 5.31 Å². The van der Waals surface area contributed by atoms with Gasteiger partial charge in [0.05, 0.1) is 4.99 Å². The van der Waals surface area contributed by atoms with E-state index in [2.05, 4.69) is 33.6 Å². The molecule has 1 nitrogen and oxygen atoms in total. The Morgan fingerprint density at radius 3 is 2.62 bits per heavy atom. The summed E-state index contributed by atoms with van der Waals surface area (Å²) in [4.78, 5) is 3.36. The zero-order chi connectivity index (χ0) is 12.3. The molecule has 0 heterocycles. The summed E-state index contributed by atoms with van der Waals surface area (Å²) in [5.74, 6) is 0.748. The third-order valence-corrected chi connectivity index (χ3v) is 4.42. The minimum Gasteiger partial charge on any atom is -0.366 e. The summed E-state index contributed by atoms with van der Waals surface area (Å²) in [6.07, 6.45) is 6.74. The maximum Gasteiger partial charge on any atom is 0.109 e. The maximum absolute atomic E-state index is 5.31. The zero-order valence-corrected chi connectivity index (χ0v) is 12.4. The van der Waals surface area contributed by atoms with Crippen LogP contribution < -0.4 is 0 Å². The maximum atomic E-state index is 5.31. The van der Waals surface area contributed by atoms with Gasteiger partial charge in [0.25, 0.3) is 0 Å². The molecule has 1 fully saturated rings. The smallest absolute Gasteiger partial charge is 0.109 e. The zero-order valence-electron chi connectivity index (χ0n) is 11.5. The highest BCUT2D eigenvalue weighted by Crippen LogP contribution is 2.40. The van der Waals surface area contributed by atoms with Gasteiger partial charge in [0.2, 0.25) is 0 Å². The molecule has 0 spiro atoms. The van der Waals surface area contributed by atoms with Crippen molar-refractivity contribution in [2.75, 3.05) is 7.05 Å². The average molecular weight is 239 g/mol. The van der Waals surface area contributed by atoms with E-state index >= 15 is 0 Å². The second-order valence-electron chi connectivity index (χ2n) is 6.29. The lowest BCUT2D eigenvalue weighted by Crippen LogP contribution is -2.41. The lowest BCUT2D eigenvalue weighted by molar-refractivity contribution is 0.207. The molecule has 1 aliphatic rings. The van der Waals surface area contributed by atoms with Gasteiger partial charge in [-0.3, -0.25) is 0 Å². The van der Waals surface area contributed by atoms with E-state index in [0.29, 0.717) is 11.4 Å². The Bertz CT molecular complexity index is 252. The minimum atomic E-state index is 0.508. The third kappa shape index (κ3) is 3.76. The Hall–Kier alpha value is -0.0451. The second-order valence-corrected chi connectivity index (χ2v) is 6.88. The van der Waals surface area contributed by atoms with Gasteiger partial charge >= 0.3 is 0 Å². The Kier molecular flexibility index (Phi) is 4.84. The van der Waals surface area contributed by atoms with Crippen molar-refractivity contribution in [1.29, 1.82) is 0 Å². The number of hydrogen-bond acceptors (Lipinski definition) is 1. The van der Waals surface area contributed by atoms with Gasteiger partial charge in [-0.2, -0.15) is 0 Å². The van der Waals surface area contributed by atoms with Gasteiger partial charge in [-0.1, -0.05) is 57.1 Å². The molecule has 0 amide bonds. The molecule has 0 aliphatic heterocycles. The molecule has 0 N–H and O–H groups in total. The van der Waals surface area contributed by atoms with Crippen molar-refractivity contribution in [3.63, 3.8) is 0 Å². The Morgan fingerprint density at radius 1 is 1.44 bits per heavy atom. The lowest BCUT2D eigenvalue weighted by Gasteiger charge is -2.40. The van der Waals surface area contributed by atoms with Crippen LogP contribution in [-0.2, 0) is 0 Å². The molecule has 0 aromatic carbocycles. The highest BCUT2D eigenvalue weighted by molar-refractivity contribution is 7.80. The predicted molar refractivity (Wildman–Crippen MR) is 79.0 cm³/mol. The molecule has 0 bridgehead atoms. The molecule has 1 aliphatic carbocycles. The molecular formula is C13H26BNS. The van der Waals surface area contributed by atoms with Crippen LogP contribution in [0, 0.1) is 5.92 Å². The molecule has 1 rings (SSSR count). The van der Waals surface area contributed by atoms with E-state index in [-0.39, 0.29) is 0 Å². The Labute approximate surface area is 107 Å². The summed E-state index contributed by atoms with van der Waals surface area (Å²) < 4.78 is 0. The quantitative estimate of drug-likeness (QED) is 0.511. The van der Waals surface area contributed by atoms with Gasteiger partial charge in [0.15, 0.2) is 0 Å². The fourth-order valence-corrected chi connectivity index (χ4v) is 3.30. The summed E-state index contributed by atoms with van der Waals surface area (Å²) in [7, 11) is 4.58. The monoisotopic (exact) mass is 239 g/mol. The van der Waals surface area contributed by atoms with E-state index in [9.17, 15) is 0 Å². The standard InChI is InChI=1S/C13H26BNS/c1-10-9-13(3,14)8-6-5-7-12(10)15(4)11(2)16/h10,12H,5-9,14H2,1-4H3/t10-,12?,13?/m0/s1. The summed E-state index contributed by atoms with van der Waals surface area (Å²) in [5, 5.41) is 0.508. The first-order valence-electron chi connectivity index (χ1n) is 6.57. The molecule has 3 heteroatoms. The van der Waals surface area contributed by atoms with E-state index in [1.807, 2.05) is 6.92 Å². The molecule has 1 saturated carbocycles. The van der Waals surface area contributed by atoms with Gasteiger partial charge < -0.3 is 4.90 Å². The molecule has 16 heavy (non-hydrogen) atoms. The van der Waals surface area contributed by atoms with Crippen molar-refractivity contribution in [2.24, 2.45) is 5.92 Å². The normalized spacial score (nSPS) is 36.2. The van der Waals surface area contributed by atoms with Gasteiger partial charge in [-0.05, 0) is 19.3 Å². The van der Waals surface area contributed by atoms with E-state index < -0.39 is 0 Å². The first kappa shape index (κ1) is 14.0. The average Bonchev–Trinajstić information content (AvgIpc) is 2.13. The lowest BCUT2D eigenvalue weighted by atomic mass is 9.61. The first-order valence-corrected chi connectivity index (χ1v) is 6.98. The number of rotatable bonds is 1. The van der Waals surface area contributed by atoms with Crippen LogP contribution in [0.15, 0.2) is 0 Å². The van der Waals surface area contributed by atoms with Crippen molar-refractivity contribution < 1.29 is 0 Å². The molecule has 3 atom stereocenters. The molecule has 0 aromatic heterocycles. The highest BCUT2D eigenvalue weighted by atomic mass is 32.1. The minimum absolute atomic E-state index is 0.508. The van der Waals surface area contributed by atoms with Crippen molar-refractivity contribution >= 4 is 25.1 Å². The van der Waals surface area contributed by atoms with Crippen LogP contribution in [-0.4, -0.2) is 30.8 Å². The van der Waals surface area contributed by atoms with Crippen LogP contribution >= 0.6 is 12.2 Å². The van der Waals surface area contributed by atoms with E-state index in [4.69, 9.17) is 12.2 Å². The van der Waals surface area contributed by atoms with Gasteiger partial charge in [-0.25, -0.2) is 0 Å².